The van der Waals surface area contributed by atoms with Gasteiger partial charge in [0.2, 0.25) is 5.95 Å². The Morgan fingerprint density at radius 3 is 2.50 bits per heavy atom. The highest BCUT2D eigenvalue weighted by molar-refractivity contribution is 5.46. The van der Waals surface area contributed by atoms with Gasteiger partial charge in [-0.05, 0) is 41.8 Å². The van der Waals surface area contributed by atoms with Crippen LogP contribution in [0.25, 0.3) is 0 Å². The summed E-state index contributed by atoms with van der Waals surface area (Å²) in [6.45, 7) is 0. The summed E-state index contributed by atoms with van der Waals surface area (Å²) in [6.07, 6.45) is 2.28. The van der Waals surface area contributed by atoms with Crippen molar-refractivity contribution in [3.63, 3.8) is 0 Å². The molecule has 6 nitrogen and oxygen atoms in total. The van der Waals surface area contributed by atoms with Gasteiger partial charge in [-0.1, -0.05) is 18.2 Å². The maximum Gasteiger partial charge on any atom is 0.222 e. The van der Waals surface area contributed by atoms with Crippen LogP contribution in [0.5, 0.6) is 11.5 Å². The molecular weight excluding hydrogens is 335 g/mol. The molecule has 0 aliphatic carbocycles. The first-order valence-electron chi connectivity index (χ1n) is 8.33. The molecule has 2 atom stereocenters. The van der Waals surface area contributed by atoms with Crippen molar-refractivity contribution in [1.82, 2.24) is 14.8 Å². The van der Waals surface area contributed by atoms with Crippen molar-refractivity contribution in [3.8, 4) is 11.5 Å². The fourth-order valence-corrected chi connectivity index (χ4v) is 3.37. The molecule has 0 fully saturated rings. The highest BCUT2D eigenvalue weighted by atomic mass is 19.1. The Balaban J connectivity index is 1.72. The van der Waals surface area contributed by atoms with E-state index in [-0.39, 0.29) is 17.9 Å². The van der Waals surface area contributed by atoms with Crippen molar-refractivity contribution in [2.24, 2.45) is 0 Å². The van der Waals surface area contributed by atoms with Gasteiger partial charge in [-0.3, -0.25) is 0 Å². The van der Waals surface area contributed by atoms with Gasteiger partial charge < -0.3 is 14.8 Å². The van der Waals surface area contributed by atoms with E-state index in [1.165, 1.54) is 18.5 Å². The predicted octanol–water partition coefficient (Wildman–Crippen LogP) is 3.58. The number of anilines is 1. The molecule has 134 valence electrons. The average Bonchev–Trinajstić information content (AvgIpc) is 3.16. The van der Waals surface area contributed by atoms with E-state index in [2.05, 4.69) is 15.4 Å². The van der Waals surface area contributed by atoms with Crippen LogP contribution < -0.4 is 14.8 Å². The number of methoxy groups -OCH3 is 2. The first-order chi connectivity index (χ1) is 12.7. The zero-order chi connectivity index (χ0) is 18.1. The minimum atomic E-state index is -0.246. The second-order valence-electron chi connectivity index (χ2n) is 6.14. The number of halogens is 1. The lowest BCUT2D eigenvalue weighted by Gasteiger charge is -2.32. The monoisotopic (exact) mass is 354 g/mol. The van der Waals surface area contributed by atoms with Gasteiger partial charge in [0.05, 0.1) is 26.3 Å². The third kappa shape index (κ3) is 2.85. The minimum Gasteiger partial charge on any atom is -0.493 e. The number of fused-ring (bicyclic) bond motifs is 1. The maximum absolute atomic E-state index is 13.3. The number of rotatable bonds is 4. The topological polar surface area (TPSA) is 61.2 Å². The van der Waals surface area contributed by atoms with Crippen molar-refractivity contribution in [3.05, 3.63) is 65.7 Å². The number of benzene rings is 2. The van der Waals surface area contributed by atoms with Crippen LogP contribution in [0.1, 0.15) is 29.6 Å². The normalized spacial score (nSPS) is 18.7. The Labute approximate surface area is 150 Å². The summed E-state index contributed by atoms with van der Waals surface area (Å²) >= 11 is 0. The quantitative estimate of drug-likeness (QED) is 0.776. The van der Waals surface area contributed by atoms with Gasteiger partial charge in [-0.2, -0.15) is 10.1 Å². The maximum atomic E-state index is 13.3. The summed E-state index contributed by atoms with van der Waals surface area (Å²) < 4.78 is 25.9. The molecule has 0 amide bonds. The highest BCUT2D eigenvalue weighted by Crippen LogP contribution is 2.39. The number of hydrogen-bond donors (Lipinski definition) is 1. The first kappa shape index (κ1) is 16.4. The third-order valence-corrected chi connectivity index (χ3v) is 4.70. The van der Waals surface area contributed by atoms with E-state index in [4.69, 9.17) is 9.47 Å². The van der Waals surface area contributed by atoms with E-state index >= 15 is 0 Å². The number of nitrogens with one attached hydrogen (secondary N) is 1. The Hall–Kier alpha value is -3.09. The molecular formula is C19H19FN4O2. The van der Waals surface area contributed by atoms with Crippen molar-refractivity contribution in [2.75, 3.05) is 19.5 Å². The molecule has 4 rings (SSSR count). The SMILES string of the molecule is COc1ccc([C@@H]2C[C@H](c3ccc(F)cc3)Nc3ncnn32)cc1OC. The van der Waals surface area contributed by atoms with Gasteiger partial charge in [-0.25, -0.2) is 9.07 Å². The summed E-state index contributed by atoms with van der Waals surface area (Å²) in [7, 11) is 3.23. The van der Waals surface area contributed by atoms with Gasteiger partial charge in [0.1, 0.15) is 12.1 Å². The molecule has 1 aliphatic heterocycles. The lowest BCUT2D eigenvalue weighted by molar-refractivity contribution is 0.352. The standard InChI is InChI=1S/C19H19FN4O2/c1-25-17-8-5-13(9-18(17)26-2)16-10-15(12-3-6-14(20)7-4-12)23-19-21-11-22-24(16)19/h3-9,11,15-16H,10H2,1-2H3,(H,21,22,23)/t15-,16+/m1/s1. The number of nitrogens with zero attached hydrogens (tertiary/aromatic N) is 3. The van der Waals surface area contributed by atoms with Crippen molar-refractivity contribution in [2.45, 2.75) is 18.5 Å². The summed E-state index contributed by atoms with van der Waals surface area (Å²) in [5, 5.41) is 7.74. The van der Waals surface area contributed by atoms with Crippen molar-refractivity contribution in [1.29, 1.82) is 0 Å². The van der Waals surface area contributed by atoms with Crippen LogP contribution in [0.15, 0.2) is 48.8 Å². The lowest BCUT2D eigenvalue weighted by Crippen LogP contribution is -2.28. The second-order valence-corrected chi connectivity index (χ2v) is 6.14. The van der Waals surface area contributed by atoms with Gasteiger partial charge in [0.25, 0.3) is 0 Å². The van der Waals surface area contributed by atoms with Crippen molar-refractivity contribution < 1.29 is 13.9 Å². The number of hydrogen-bond acceptors (Lipinski definition) is 5. The molecule has 2 aromatic carbocycles. The molecule has 2 heterocycles. The number of ether oxygens (including phenoxy) is 2. The van der Waals surface area contributed by atoms with Crippen LogP contribution in [-0.2, 0) is 0 Å². The van der Waals surface area contributed by atoms with E-state index in [0.29, 0.717) is 17.4 Å². The Morgan fingerprint density at radius 2 is 1.77 bits per heavy atom. The first-order valence-corrected chi connectivity index (χ1v) is 8.33. The Morgan fingerprint density at radius 1 is 1.04 bits per heavy atom. The molecule has 26 heavy (non-hydrogen) atoms. The van der Waals surface area contributed by atoms with E-state index in [1.54, 1.807) is 26.4 Å². The van der Waals surface area contributed by atoms with Gasteiger partial charge in [0.15, 0.2) is 11.5 Å². The summed E-state index contributed by atoms with van der Waals surface area (Å²) in [6, 6.07) is 12.4. The molecule has 1 aromatic heterocycles. The molecule has 7 heteroatoms. The Bertz CT molecular complexity index is 910. The molecule has 1 N–H and O–H groups in total. The predicted molar refractivity (Wildman–Crippen MR) is 95.1 cm³/mol. The van der Waals surface area contributed by atoms with E-state index in [0.717, 1.165) is 17.5 Å². The zero-order valence-corrected chi connectivity index (χ0v) is 14.5. The molecule has 0 spiro atoms. The average molecular weight is 354 g/mol. The summed E-state index contributed by atoms with van der Waals surface area (Å²) in [5.74, 6) is 1.79. The van der Waals surface area contributed by atoms with Crippen LogP contribution in [0.3, 0.4) is 0 Å². The highest BCUT2D eigenvalue weighted by Gasteiger charge is 2.30. The molecule has 0 saturated heterocycles. The smallest absolute Gasteiger partial charge is 0.222 e. The van der Waals surface area contributed by atoms with E-state index in [1.807, 2.05) is 22.9 Å². The van der Waals surface area contributed by atoms with Crippen LogP contribution >= 0.6 is 0 Å². The van der Waals surface area contributed by atoms with E-state index < -0.39 is 0 Å². The number of aromatic nitrogens is 3. The molecule has 0 radical (unpaired) electrons. The second kappa shape index (κ2) is 6.67. The van der Waals surface area contributed by atoms with Crippen LogP contribution in [-0.4, -0.2) is 29.0 Å². The molecule has 0 saturated carbocycles. The fraction of sp³-hybridized carbons (Fsp3) is 0.263. The fourth-order valence-electron chi connectivity index (χ4n) is 3.37. The molecule has 0 bridgehead atoms. The Kier molecular flexibility index (Phi) is 4.20. The van der Waals surface area contributed by atoms with Crippen molar-refractivity contribution >= 4 is 5.95 Å². The molecule has 3 aromatic rings. The summed E-state index contributed by atoms with van der Waals surface area (Å²) in [4.78, 5) is 4.31. The third-order valence-electron chi connectivity index (χ3n) is 4.70. The van der Waals surface area contributed by atoms with Gasteiger partial charge in [0, 0.05) is 0 Å². The molecule has 1 aliphatic rings. The largest absolute Gasteiger partial charge is 0.493 e. The lowest BCUT2D eigenvalue weighted by atomic mass is 9.93. The van der Waals surface area contributed by atoms with Gasteiger partial charge >= 0.3 is 0 Å². The van der Waals surface area contributed by atoms with Crippen LogP contribution in [0.2, 0.25) is 0 Å². The summed E-state index contributed by atoms with van der Waals surface area (Å²) in [5.41, 5.74) is 2.05. The van der Waals surface area contributed by atoms with Crippen LogP contribution in [0, 0.1) is 5.82 Å². The van der Waals surface area contributed by atoms with Gasteiger partial charge in [-0.15, -0.1) is 0 Å². The molecule has 0 unspecified atom stereocenters. The minimum absolute atomic E-state index is 0.00500. The van der Waals surface area contributed by atoms with Crippen LogP contribution in [0.4, 0.5) is 10.3 Å². The van der Waals surface area contributed by atoms with E-state index in [9.17, 15) is 4.39 Å². The zero-order valence-electron chi connectivity index (χ0n) is 14.5.